The van der Waals surface area contributed by atoms with Gasteiger partial charge in [0.25, 0.3) is 0 Å². The fraction of sp³-hybridized carbons (Fsp3) is 0.500. The second-order valence-corrected chi connectivity index (χ2v) is 6.63. The van der Waals surface area contributed by atoms with Gasteiger partial charge in [-0.05, 0) is 25.5 Å². The van der Waals surface area contributed by atoms with Crippen molar-refractivity contribution in [2.45, 2.75) is 23.8 Å². The topological polar surface area (TPSA) is 111 Å². The van der Waals surface area contributed by atoms with Crippen LogP contribution in [0.15, 0.2) is 17.0 Å². The molecule has 1 heterocycles. The molecular weight excluding hydrogens is 353 g/mol. The molecule has 0 saturated carbocycles. The predicted octanol–water partition coefficient (Wildman–Crippen LogP) is 1.19. The van der Waals surface area contributed by atoms with Crippen LogP contribution in [0, 0.1) is 15.9 Å². The van der Waals surface area contributed by atoms with E-state index in [-0.39, 0.29) is 25.0 Å². The van der Waals surface area contributed by atoms with Crippen molar-refractivity contribution in [3.05, 3.63) is 28.1 Å². The molecule has 0 aliphatic carbocycles. The third-order valence-corrected chi connectivity index (χ3v) is 4.79. The maximum atomic E-state index is 13.8. The van der Waals surface area contributed by atoms with Gasteiger partial charge in [0.2, 0.25) is 15.8 Å². The maximum Gasteiger partial charge on any atom is 0.315 e. The van der Waals surface area contributed by atoms with E-state index >= 15 is 0 Å². The number of nitrogens with one attached hydrogen (secondary N) is 2. The highest BCUT2D eigenvalue weighted by Crippen LogP contribution is 2.32. The van der Waals surface area contributed by atoms with E-state index in [9.17, 15) is 22.9 Å². The minimum Gasteiger partial charge on any atom is -0.488 e. The molecule has 1 aromatic carbocycles. The summed E-state index contributed by atoms with van der Waals surface area (Å²) in [6.45, 7) is 0.957. The lowest BCUT2D eigenvalue weighted by molar-refractivity contribution is -0.386. The molecule has 1 aliphatic rings. The maximum absolute atomic E-state index is 13.8. The minimum atomic E-state index is -4.04. The van der Waals surface area contributed by atoms with E-state index in [4.69, 9.17) is 0 Å². The van der Waals surface area contributed by atoms with Crippen molar-refractivity contribution in [3.8, 4) is 5.75 Å². The zero-order chi connectivity index (χ0) is 16.3. The zero-order valence-corrected chi connectivity index (χ0v) is 13.9. The summed E-state index contributed by atoms with van der Waals surface area (Å²) in [5, 5.41) is 14.0. The monoisotopic (exact) mass is 369 g/mol. The first-order chi connectivity index (χ1) is 10.3. The van der Waals surface area contributed by atoms with Gasteiger partial charge in [-0.1, -0.05) is 0 Å². The molecule has 0 spiro atoms. The van der Waals surface area contributed by atoms with Crippen LogP contribution >= 0.6 is 12.4 Å². The van der Waals surface area contributed by atoms with Gasteiger partial charge in [0.15, 0.2) is 5.82 Å². The molecule has 0 radical (unpaired) electrons. The number of halogens is 2. The number of hydrogen-bond acceptors (Lipinski definition) is 6. The van der Waals surface area contributed by atoms with Gasteiger partial charge in [-0.25, -0.2) is 17.5 Å². The number of nitro benzene ring substituents is 1. The van der Waals surface area contributed by atoms with Crippen molar-refractivity contribution in [3.63, 3.8) is 0 Å². The molecule has 1 unspecified atom stereocenters. The number of nitrogens with zero attached hydrogens (tertiary/aromatic N) is 1. The number of nitro groups is 1. The van der Waals surface area contributed by atoms with Gasteiger partial charge in [-0.3, -0.25) is 10.1 Å². The van der Waals surface area contributed by atoms with Crippen molar-refractivity contribution in [2.75, 3.05) is 20.2 Å². The molecule has 23 heavy (non-hydrogen) atoms. The number of rotatable bonds is 6. The molecule has 1 aromatic rings. The lowest BCUT2D eigenvalue weighted by Crippen LogP contribution is -2.37. The Labute approximate surface area is 139 Å². The van der Waals surface area contributed by atoms with Crippen LogP contribution < -0.4 is 14.8 Å². The Balaban J connectivity index is 0.00000264. The molecule has 0 amide bonds. The molecule has 8 nitrogen and oxygen atoms in total. The van der Waals surface area contributed by atoms with E-state index in [0.717, 1.165) is 32.6 Å². The minimum absolute atomic E-state index is 0. The van der Waals surface area contributed by atoms with Crippen molar-refractivity contribution in [1.82, 2.24) is 10.0 Å². The molecular formula is C12H17ClFN3O5S. The Morgan fingerprint density at radius 3 is 2.74 bits per heavy atom. The predicted molar refractivity (Wildman–Crippen MR) is 83.1 cm³/mol. The molecule has 1 aliphatic heterocycles. The van der Waals surface area contributed by atoms with Gasteiger partial charge < -0.3 is 10.1 Å². The molecule has 2 N–H and O–H groups in total. The van der Waals surface area contributed by atoms with Crippen LogP contribution in [0.5, 0.6) is 5.75 Å². The second kappa shape index (κ2) is 7.86. The second-order valence-electron chi connectivity index (χ2n) is 4.86. The van der Waals surface area contributed by atoms with E-state index in [0.29, 0.717) is 6.07 Å². The van der Waals surface area contributed by atoms with E-state index in [1.54, 1.807) is 0 Å². The lowest BCUT2D eigenvalue weighted by atomic mass is 10.2. The van der Waals surface area contributed by atoms with Crippen LogP contribution in [0.2, 0.25) is 0 Å². The first-order valence-corrected chi connectivity index (χ1v) is 8.08. The highest BCUT2D eigenvalue weighted by atomic mass is 35.5. The average Bonchev–Trinajstić information content (AvgIpc) is 2.97. The highest BCUT2D eigenvalue weighted by Gasteiger charge is 2.27. The zero-order valence-electron chi connectivity index (χ0n) is 12.2. The number of sulfonamides is 1. The van der Waals surface area contributed by atoms with Gasteiger partial charge in [0, 0.05) is 18.7 Å². The summed E-state index contributed by atoms with van der Waals surface area (Å²) in [5.41, 5.74) is -0.734. The first-order valence-electron chi connectivity index (χ1n) is 6.60. The summed E-state index contributed by atoms with van der Waals surface area (Å²) in [4.78, 5) is 9.52. The normalized spacial score (nSPS) is 17.6. The molecule has 11 heteroatoms. The average molecular weight is 370 g/mol. The van der Waals surface area contributed by atoms with Crippen LogP contribution in [0.3, 0.4) is 0 Å². The number of benzene rings is 1. The number of methoxy groups -OCH3 is 1. The Morgan fingerprint density at radius 2 is 2.22 bits per heavy atom. The van der Waals surface area contributed by atoms with Crippen molar-refractivity contribution in [2.24, 2.45) is 0 Å². The third-order valence-electron chi connectivity index (χ3n) is 3.39. The summed E-state index contributed by atoms with van der Waals surface area (Å²) in [5.74, 6) is -1.70. The summed E-state index contributed by atoms with van der Waals surface area (Å²) >= 11 is 0. The summed E-state index contributed by atoms with van der Waals surface area (Å²) < 4.78 is 45.0. The molecule has 1 saturated heterocycles. The smallest absolute Gasteiger partial charge is 0.315 e. The van der Waals surface area contributed by atoms with E-state index < -0.39 is 37.1 Å². The van der Waals surface area contributed by atoms with Crippen molar-refractivity contribution in [1.29, 1.82) is 0 Å². The molecule has 0 bridgehead atoms. The van der Waals surface area contributed by atoms with Gasteiger partial charge in [0.05, 0.1) is 16.9 Å². The van der Waals surface area contributed by atoms with Crippen LogP contribution in [-0.4, -0.2) is 39.6 Å². The van der Waals surface area contributed by atoms with Crippen molar-refractivity contribution >= 4 is 28.1 Å². The van der Waals surface area contributed by atoms with E-state index in [2.05, 4.69) is 14.8 Å². The fourth-order valence-corrected chi connectivity index (χ4v) is 3.38. The largest absolute Gasteiger partial charge is 0.488 e. The Kier molecular flexibility index (Phi) is 6.69. The summed E-state index contributed by atoms with van der Waals surface area (Å²) in [7, 11) is -2.97. The van der Waals surface area contributed by atoms with Gasteiger partial charge in [-0.15, -0.1) is 12.4 Å². The molecule has 2 rings (SSSR count). The standard InChI is InChI=1S/C12H16FN3O5S.ClH/c1-21-12-10(13)5-9(6-11(12)16(17)18)22(19,20)15-7-8-3-2-4-14-8;/h5-6,8,14-15H,2-4,7H2,1H3;1H. The summed E-state index contributed by atoms with van der Waals surface area (Å²) in [6, 6.07) is 1.50. The Bertz CT molecular complexity index is 680. The van der Waals surface area contributed by atoms with E-state index in [1.165, 1.54) is 0 Å². The fourth-order valence-electron chi connectivity index (χ4n) is 2.27. The first kappa shape index (κ1) is 19.6. The van der Waals surface area contributed by atoms with Crippen molar-refractivity contribution < 1.29 is 22.5 Å². The molecule has 1 fully saturated rings. The van der Waals surface area contributed by atoms with Gasteiger partial charge in [-0.2, -0.15) is 0 Å². The highest BCUT2D eigenvalue weighted by molar-refractivity contribution is 7.89. The number of hydrogen-bond donors (Lipinski definition) is 2. The number of ether oxygens (including phenoxy) is 1. The quantitative estimate of drug-likeness (QED) is 0.575. The van der Waals surface area contributed by atoms with Gasteiger partial charge in [0.1, 0.15) is 0 Å². The third kappa shape index (κ3) is 4.50. The van der Waals surface area contributed by atoms with Crippen LogP contribution in [0.25, 0.3) is 0 Å². The lowest BCUT2D eigenvalue weighted by Gasteiger charge is -2.12. The molecule has 0 aromatic heterocycles. The molecule has 130 valence electrons. The SMILES string of the molecule is COc1c(F)cc(S(=O)(=O)NCC2CCCN2)cc1[N+](=O)[O-].Cl. The van der Waals surface area contributed by atoms with E-state index in [1.807, 2.05) is 0 Å². The van der Waals surface area contributed by atoms with Crippen LogP contribution in [0.4, 0.5) is 10.1 Å². The summed E-state index contributed by atoms with van der Waals surface area (Å²) in [6.07, 6.45) is 1.79. The van der Waals surface area contributed by atoms with Crippen LogP contribution in [-0.2, 0) is 10.0 Å². The Hall–Kier alpha value is -1.49. The Morgan fingerprint density at radius 1 is 1.52 bits per heavy atom. The molecule has 1 atom stereocenters. The van der Waals surface area contributed by atoms with Crippen LogP contribution in [0.1, 0.15) is 12.8 Å². The van der Waals surface area contributed by atoms with Gasteiger partial charge >= 0.3 is 5.69 Å².